The number of hydrogen-bond donors (Lipinski definition) is 1. The Morgan fingerprint density at radius 2 is 1.93 bits per heavy atom. The molecule has 0 bridgehead atoms. The molecule has 5 nitrogen and oxygen atoms in total. The Morgan fingerprint density at radius 3 is 2.52 bits per heavy atom. The molecular weight excluding hydrogens is 342 g/mol. The van der Waals surface area contributed by atoms with Gasteiger partial charge in [0.1, 0.15) is 17.1 Å². The zero-order valence-corrected chi connectivity index (χ0v) is 15.4. The van der Waals surface area contributed by atoms with Crippen LogP contribution >= 0.6 is 0 Å². The Labute approximate surface area is 157 Å². The standard InChI is InChI=1S/C22H23NO4/c1-2-3-5-20-21(18-14-16(23(25)26)8-11-19(18)27-20)22(12-4-13-22)15-6-9-17(24)10-7-15/h6-11,14,24H,2-5,12-13H2,1H3. The average Bonchev–Trinajstić information content (AvgIpc) is 2.98. The van der Waals surface area contributed by atoms with E-state index < -0.39 is 0 Å². The second-order valence-electron chi connectivity index (χ2n) is 7.42. The molecule has 0 spiro atoms. The first-order valence-electron chi connectivity index (χ1n) is 9.55. The minimum atomic E-state index is -0.351. The monoisotopic (exact) mass is 365 g/mol. The van der Waals surface area contributed by atoms with Crippen LogP contribution in [0.4, 0.5) is 5.69 Å². The molecule has 0 aliphatic heterocycles. The first-order chi connectivity index (χ1) is 13.0. The van der Waals surface area contributed by atoms with Crippen molar-refractivity contribution in [1.29, 1.82) is 0 Å². The highest BCUT2D eigenvalue weighted by atomic mass is 16.6. The van der Waals surface area contributed by atoms with Gasteiger partial charge >= 0.3 is 0 Å². The molecule has 0 saturated heterocycles. The normalized spacial score (nSPS) is 15.6. The molecule has 140 valence electrons. The molecule has 0 radical (unpaired) electrons. The van der Waals surface area contributed by atoms with Crippen molar-refractivity contribution >= 4 is 16.7 Å². The van der Waals surface area contributed by atoms with Gasteiger partial charge < -0.3 is 9.52 Å². The number of hydrogen-bond acceptors (Lipinski definition) is 4. The summed E-state index contributed by atoms with van der Waals surface area (Å²) >= 11 is 0. The number of rotatable bonds is 6. The molecule has 1 saturated carbocycles. The summed E-state index contributed by atoms with van der Waals surface area (Å²) in [7, 11) is 0. The zero-order chi connectivity index (χ0) is 19.0. The van der Waals surface area contributed by atoms with Crippen LogP contribution in [0.2, 0.25) is 0 Å². The van der Waals surface area contributed by atoms with E-state index >= 15 is 0 Å². The molecule has 0 unspecified atom stereocenters. The van der Waals surface area contributed by atoms with Crippen LogP contribution < -0.4 is 0 Å². The molecule has 1 N–H and O–H groups in total. The lowest BCUT2D eigenvalue weighted by molar-refractivity contribution is -0.384. The first-order valence-corrected chi connectivity index (χ1v) is 9.55. The molecule has 1 aliphatic carbocycles. The van der Waals surface area contributed by atoms with E-state index in [1.54, 1.807) is 24.3 Å². The number of non-ortho nitro benzene ring substituents is 1. The summed E-state index contributed by atoms with van der Waals surface area (Å²) in [5, 5.41) is 21.9. The highest BCUT2D eigenvalue weighted by molar-refractivity contribution is 5.86. The van der Waals surface area contributed by atoms with Crippen molar-refractivity contribution < 1.29 is 14.4 Å². The Kier molecular flexibility index (Phi) is 4.38. The first kappa shape index (κ1) is 17.6. The van der Waals surface area contributed by atoms with Crippen LogP contribution in [0.3, 0.4) is 0 Å². The smallest absolute Gasteiger partial charge is 0.270 e. The fourth-order valence-electron chi connectivity index (χ4n) is 4.28. The lowest BCUT2D eigenvalue weighted by Crippen LogP contribution is -2.36. The lowest BCUT2D eigenvalue weighted by Gasteiger charge is -2.43. The maximum atomic E-state index is 11.3. The molecule has 1 heterocycles. The number of nitro benzene ring substituents is 1. The molecule has 0 atom stereocenters. The third-order valence-electron chi connectivity index (χ3n) is 5.82. The molecular formula is C22H23NO4. The number of aromatic hydroxyl groups is 1. The van der Waals surface area contributed by atoms with Gasteiger partial charge in [0.2, 0.25) is 0 Å². The van der Waals surface area contributed by atoms with Crippen LogP contribution in [-0.4, -0.2) is 10.0 Å². The molecule has 27 heavy (non-hydrogen) atoms. The van der Waals surface area contributed by atoms with E-state index in [9.17, 15) is 15.2 Å². The molecule has 1 aliphatic rings. The van der Waals surface area contributed by atoms with E-state index in [0.29, 0.717) is 5.58 Å². The molecule has 1 fully saturated rings. The summed E-state index contributed by atoms with van der Waals surface area (Å²) in [6.45, 7) is 2.15. The van der Waals surface area contributed by atoms with E-state index in [0.717, 1.165) is 60.8 Å². The van der Waals surface area contributed by atoms with Crippen molar-refractivity contribution in [3.63, 3.8) is 0 Å². The van der Waals surface area contributed by atoms with Gasteiger partial charge in [0.15, 0.2) is 0 Å². The fourth-order valence-corrected chi connectivity index (χ4v) is 4.28. The molecule has 5 heteroatoms. The number of furan rings is 1. The summed E-state index contributed by atoms with van der Waals surface area (Å²) in [4.78, 5) is 11.0. The van der Waals surface area contributed by atoms with Crippen LogP contribution in [-0.2, 0) is 11.8 Å². The lowest BCUT2D eigenvalue weighted by atomic mass is 9.59. The van der Waals surface area contributed by atoms with Crippen molar-refractivity contribution in [2.45, 2.75) is 50.9 Å². The SMILES string of the molecule is CCCCc1oc2ccc([N+](=O)[O-])cc2c1C1(c2ccc(O)cc2)CCC1. The van der Waals surface area contributed by atoms with Crippen molar-refractivity contribution in [1.82, 2.24) is 0 Å². The maximum Gasteiger partial charge on any atom is 0.270 e. The number of nitro groups is 1. The summed E-state index contributed by atoms with van der Waals surface area (Å²) in [6.07, 6.45) is 5.97. The molecule has 2 aromatic carbocycles. The van der Waals surface area contributed by atoms with Crippen molar-refractivity contribution in [3.05, 3.63) is 69.5 Å². The predicted octanol–water partition coefficient (Wildman–Crippen LogP) is 5.86. The Morgan fingerprint density at radius 1 is 1.19 bits per heavy atom. The van der Waals surface area contributed by atoms with E-state index in [4.69, 9.17) is 4.42 Å². The summed E-state index contributed by atoms with van der Waals surface area (Å²) in [5.74, 6) is 1.19. The second kappa shape index (κ2) is 6.72. The van der Waals surface area contributed by atoms with Crippen LogP contribution in [0, 0.1) is 10.1 Å². The molecule has 1 aromatic heterocycles. The zero-order valence-electron chi connectivity index (χ0n) is 15.4. The summed E-state index contributed by atoms with van der Waals surface area (Å²) < 4.78 is 6.19. The quantitative estimate of drug-likeness (QED) is 0.438. The average molecular weight is 365 g/mol. The molecule has 0 amide bonds. The summed E-state index contributed by atoms with van der Waals surface area (Å²) in [5.41, 5.74) is 2.85. The van der Waals surface area contributed by atoms with Crippen molar-refractivity contribution in [3.8, 4) is 5.75 Å². The van der Waals surface area contributed by atoms with Gasteiger partial charge in [-0.25, -0.2) is 0 Å². The second-order valence-corrected chi connectivity index (χ2v) is 7.42. The van der Waals surface area contributed by atoms with Gasteiger partial charge in [-0.3, -0.25) is 10.1 Å². The van der Waals surface area contributed by atoms with Gasteiger partial charge in [-0.2, -0.15) is 0 Å². The minimum Gasteiger partial charge on any atom is -0.508 e. The number of phenols is 1. The topological polar surface area (TPSA) is 76.5 Å². The minimum absolute atomic E-state index is 0.0896. The van der Waals surface area contributed by atoms with E-state index in [1.165, 1.54) is 6.07 Å². The van der Waals surface area contributed by atoms with Crippen LogP contribution in [0.25, 0.3) is 11.0 Å². The van der Waals surface area contributed by atoms with Gasteiger partial charge in [0, 0.05) is 34.9 Å². The van der Waals surface area contributed by atoms with Gasteiger partial charge in [0.25, 0.3) is 5.69 Å². The number of aryl methyl sites for hydroxylation is 1. The van der Waals surface area contributed by atoms with Gasteiger partial charge in [-0.15, -0.1) is 0 Å². The maximum absolute atomic E-state index is 11.3. The Balaban J connectivity index is 1.95. The fraction of sp³-hybridized carbons (Fsp3) is 0.364. The van der Waals surface area contributed by atoms with Crippen LogP contribution in [0.1, 0.15) is 55.9 Å². The predicted molar refractivity (Wildman–Crippen MR) is 104 cm³/mol. The van der Waals surface area contributed by atoms with E-state index in [2.05, 4.69) is 6.92 Å². The largest absolute Gasteiger partial charge is 0.508 e. The van der Waals surface area contributed by atoms with Gasteiger partial charge in [0.05, 0.1) is 4.92 Å². The highest BCUT2D eigenvalue weighted by Gasteiger charge is 2.44. The Hall–Kier alpha value is -2.82. The van der Waals surface area contributed by atoms with Gasteiger partial charge in [-0.05, 0) is 43.0 Å². The molecule has 4 rings (SSSR count). The highest BCUT2D eigenvalue weighted by Crippen LogP contribution is 2.53. The third-order valence-corrected chi connectivity index (χ3v) is 5.82. The number of nitrogens with zero attached hydrogens (tertiary/aromatic N) is 1. The molecule has 3 aromatic rings. The van der Waals surface area contributed by atoms with Crippen LogP contribution in [0.15, 0.2) is 46.9 Å². The van der Waals surface area contributed by atoms with Crippen molar-refractivity contribution in [2.75, 3.05) is 0 Å². The van der Waals surface area contributed by atoms with Gasteiger partial charge in [-0.1, -0.05) is 31.9 Å². The number of phenolic OH excluding ortho intramolecular Hbond substituents is 1. The van der Waals surface area contributed by atoms with Crippen LogP contribution in [0.5, 0.6) is 5.75 Å². The number of fused-ring (bicyclic) bond motifs is 1. The van der Waals surface area contributed by atoms with Crippen molar-refractivity contribution in [2.24, 2.45) is 0 Å². The van der Waals surface area contributed by atoms with E-state index in [1.807, 2.05) is 12.1 Å². The third kappa shape index (κ3) is 2.87. The summed E-state index contributed by atoms with van der Waals surface area (Å²) in [6, 6.07) is 12.2. The number of unbranched alkanes of at least 4 members (excludes halogenated alkanes) is 1. The van der Waals surface area contributed by atoms with E-state index in [-0.39, 0.29) is 21.8 Å². The number of benzene rings is 2. The Bertz CT molecular complexity index is 983.